The smallest absolute Gasteiger partial charge is 0.330 e. The quantitative estimate of drug-likeness (QED) is 0.162. The summed E-state index contributed by atoms with van der Waals surface area (Å²) in [5.74, 6) is -0.599. The Balaban J connectivity index is 2.45. The average molecular weight is 440 g/mol. The molecule has 0 saturated heterocycles. The third kappa shape index (κ3) is 5.83. The van der Waals surface area contributed by atoms with Crippen LogP contribution in [0.4, 0.5) is 0 Å². The molecule has 7 nitrogen and oxygen atoms in total. The van der Waals surface area contributed by atoms with Crippen molar-refractivity contribution >= 4 is 24.7 Å². The number of carbonyl (C=O) groups excluding carboxylic acids is 1. The van der Waals surface area contributed by atoms with E-state index < -0.39 is 26.4 Å². The summed E-state index contributed by atoms with van der Waals surface area (Å²) in [6.45, 7) is 6.33. The number of azide groups is 1. The Morgan fingerprint density at radius 1 is 1.13 bits per heavy atom. The van der Waals surface area contributed by atoms with Crippen LogP contribution in [-0.4, -0.2) is 45.3 Å². The van der Waals surface area contributed by atoms with Gasteiger partial charge in [-0.3, -0.25) is 0 Å². The maximum atomic E-state index is 11.4. The molecule has 0 radical (unpaired) electrons. The van der Waals surface area contributed by atoms with Gasteiger partial charge in [0.05, 0.1) is 25.9 Å². The van der Waals surface area contributed by atoms with Crippen molar-refractivity contribution in [2.75, 3.05) is 13.7 Å². The fraction of sp³-hybridized carbons (Fsp3) is 0.348. The lowest BCUT2D eigenvalue weighted by atomic mass is 10.1. The third-order valence-electron chi connectivity index (χ3n) is 5.10. The molecule has 2 aromatic carbocycles. The molecule has 0 aromatic heterocycles. The van der Waals surface area contributed by atoms with E-state index in [0.29, 0.717) is 0 Å². The third-order valence-corrected chi connectivity index (χ3v) is 10.1. The van der Waals surface area contributed by atoms with Crippen molar-refractivity contribution in [2.24, 2.45) is 5.11 Å². The van der Waals surface area contributed by atoms with Crippen molar-refractivity contribution < 1.29 is 19.1 Å². The van der Waals surface area contributed by atoms with E-state index in [1.165, 1.54) is 13.2 Å². The summed E-state index contributed by atoms with van der Waals surface area (Å²) < 4.78 is 11.2. The van der Waals surface area contributed by atoms with Gasteiger partial charge in [-0.05, 0) is 20.9 Å². The van der Waals surface area contributed by atoms with E-state index in [2.05, 4.69) is 59.8 Å². The van der Waals surface area contributed by atoms with Gasteiger partial charge in [0.25, 0.3) is 8.32 Å². The fourth-order valence-electron chi connectivity index (χ4n) is 3.62. The van der Waals surface area contributed by atoms with Crippen molar-refractivity contribution in [3.63, 3.8) is 0 Å². The first-order chi connectivity index (χ1) is 14.8. The number of esters is 1. The Bertz CT molecular complexity index is 883. The predicted molar refractivity (Wildman–Crippen MR) is 124 cm³/mol. The fourth-order valence-corrected chi connectivity index (χ4v) is 8.20. The molecule has 0 aliphatic rings. The SMILES string of the molecule is COC(=O)/C=C/[C@@H](N=[N+]=[N-])[C@H](O)CO[Si](c1ccccc1)(c1ccccc1)C(C)(C)C. The van der Waals surface area contributed by atoms with E-state index in [4.69, 9.17) is 9.96 Å². The largest absolute Gasteiger partial charge is 0.466 e. The van der Waals surface area contributed by atoms with Crippen LogP contribution in [-0.2, 0) is 14.0 Å². The summed E-state index contributed by atoms with van der Waals surface area (Å²) in [7, 11) is -1.60. The van der Waals surface area contributed by atoms with Crippen LogP contribution in [0, 0.1) is 0 Å². The molecule has 31 heavy (non-hydrogen) atoms. The summed E-state index contributed by atoms with van der Waals surface area (Å²) in [6, 6.07) is 19.1. The summed E-state index contributed by atoms with van der Waals surface area (Å²) in [5.41, 5.74) is 8.89. The zero-order valence-corrected chi connectivity index (χ0v) is 19.3. The molecule has 8 heteroatoms. The monoisotopic (exact) mass is 439 g/mol. The maximum absolute atomic E-state index is 11.4. The van der Waals surface area contributed by atoms with Crippen molar-refractivity contribution in [3.8, 4) is 0 Å². The number of ether oxygens (including phenoxy) is 1. The summed E-state index contributed by atoms with van der Waals surface area (Å²) in [4.78, 5) is 14.2. The number of benzene rings is 2. The number of hydrogen-bond donors (Lipinski definition) is 1. The van der Waals surface area contributed by atoms with Crippen LogP contribution in [0.15, 0.2) is 77.9 Å². The van der Waals surface area contributed by atoms with Crippen molar-refractivity contribution in [2.45, 2.75) is 38.0 Å². The zero-order valence-electron chi connectivity index (χ0n) is 18.3. The van der Waals surface area contributed by atoms with E-state index in [9.17, 15) is 9.90 Å². The Labute approximate surface area is 184 Å². The number of hydrogen-bond acceptors (Lipinski definition) is 5. The molecule has 164 valence electrons. The van der Waals surface area contributed by atoms with Crippen LogP contribution < -0.4 is 10.4 Å². The maximum Gasteiger partial charge on any atom is 0.330 e. The van der Waals surface area contributed by atoms with Crippen LogP contribution in [0.2, 0.25) is 5.04 Å². The van der Waals surface area contributed by atoms with Gasteiger partial charge in [0.15, 0.2) is 0 Å². The average Bonchev–Trinajstić information content (AvgIpc) is 2.77. The van der Waals surface area contributed by atoms with Gasteiger partial charge in [-0.25, -0.2) is 4.79 Å². The number of nitrogens with zero attached hydrogens (tertiary/aromatic N) is 3. The molecule has 2 rings (SSSR count). The zero-order chi connectivity index (χ0) is 22.9. The Kier molecular flexibility index (Phi) is 8.59. The highest BCUT2D eigenvalue weighted by atomic mass is 28.4. The van der Waals surface area contributed by atoms with E-state index in [1.54, 1.807) is 0 Å². The first kappa shape index (κ1) is 24.4. The predicted octanol–water partition coefficient (Wildman–Crippen LogP) is 3.33. The second-order valence-electron chi connectivity index (χ2n) is 8.12. The molecule has 2 atom stereocenters. The van der Waals surface area contributed by atoms with Crippen molar-refractivity contribution in [1.82, 2.24) is 0 Å². The normalized spacial score (nSPS) is 14.0. The molecule has 0 aliphatic carbocycles. The van der Waals surface area contributed by atoms with Gasteiger partial charge in [0.1, 0.15) is 0 Å². The number of aliphatic hydroxyl groups excluding tert-OH is 1. The molecule has 0 spiro atoms. The van der Waals surface area contributed by atoms with E-state index >= 15 is 0 Å². The highest BCUT2D eigenvalue weighted by molar-refractivity contribution is 6.99. The Hall–Kier alpha value is -2.90. The van der Waals surface area contributed by atoms with E-state index in [0.717, 1.165) is 16.4 Å². The first-order valence-electron chi connectivity index (χ1n) is 9.99. The molecule has 1 N–H and O–H groups in total. The molecule has 0 fully saturated rings. The van der Waals surface area contributed by atoms with Gasteiger partial charge in [0, 0.05) is 11.0 Å². The molecule has 0 saturated carbocycles. The Morgan fingerprint density at radius 2 is 1.65 bits per heavy atom. The number of rotatable bonds is 9. The number of aliphatic hydroxyl groups is 1. The molecular weight excluding hydrogens is 410 g/mol. The van der Waals surface area contributed by atoms with Gasteiger partial charge in [-0.2, -0.15) is 0 Å². The highest BCUT2D eigenvalue weighted by Gasteiger charge is 2.50. The standard InChI is InChI=1S/C23H29N3O4Si/c1-23(2,3)31(18-11-7-5-8-12-18,19-13-9-6-10-14-19)30-17-21(27)20(25-26-24)15-16-22(28)29-4/h5-16,20-21,27H,17H2,1-4H3/b16-15+/t20-,21-/m1/s1. The number of carbonyl (C=O) groups is 1. The van der Waals surface area contributed by atoms with Gasteiger partial charge in [0.2, 0.25) is 0 Å². The van der Waals surface area contributed by atoms with Gasteiger partial charge in [-0.15, -0.1) is 0 Å². The molecule has 0 bridgehead atoms. The minimum Gasteiger partial charge on any atom is -0.466 e. The minimum absolute atomic E-state index is 0.0670. The van der Waals surface area contributed by atoms with Gasteiger partial charge >= 0.3 is 5.97 Å². The molecule has 0 heterocycles. The summed E-state index contributed by atoms with van der Waals surface area (Å²) in [6.07, 6.45) is 1.31. The van der Waals surface area contributed by atoms with Crippen molar-refractivity contribution in [1.29, 1.82) is 0 Å². The topological polar surface area (TPSA) is 105 Å². The minimum atomic E-state index is -2.84. The second kappa shape index (κ2) is 10.9. The van der Waals surface area contributed by atoms with Gasteiger partial charge < -0.3 is 14.3 Å². The van der Waals surface area contributed by atoms with Crippen LogP contribution in [0.1, 0.15) is 20.8 Å². The molecule has 0 unspecified atom stereocenters. The summed E-state index contributed by atoms with van der Waals surface area (Å²) in [5, 5.41) is 16.3. The van der Waals surface area contributed by atoms with Gasteiger partial charge in [-0.1, -0.05) is 92.6 Å². The lowest BCUT2D eigenvalue weighted by molar-refractivity contribution is -0.134. The van der Waals surface area contributed by atoms with Crippen LogP contribution in [0.5, 0.6) is 0 Å². The summed E-state index contributed by atoms with van der Waals surface area (Å²) >= 11 is 0. The molecule has 0 amide bonds. The van der Waals surface area contributed by atoms with Crippen LogP contribution in [0.25, 0.3) is 10.4 Å². The highest BCUT2D eigenvalue weighted by Crippen LogP contribution is 2.36. The van der Waals surface area contributed by atoms with Crippen LogP contribution in [0.3, 0.4) is 0 Å². The molecule has 2 aromatic rings. The van der Waals surface area contributed by atoms with E-state index in [1.807, 2.05) is 36.4 Å². The second-order valence-corrected chi connectivity index (χ2v) is 12.4. The Morgan fingerprint density at radius 3 is 2.06 bits per heavy atom. The molecular formula is C23H29N3O4Si. The molecule has 0 aliphatic heterocycles. The lowest BCUT2D eigenvalue weighted by Gasteiger charge is -2.43. The number of methoxy groups -OCH3 is 1. The van der Waals surface area contributed by atoms with Crippen molar-refractivity contribution in [3.05, 3.63) is 83.3 Å². The lowest BCUT2D eigenvalue weighted by Crippen LogP contribution is -2.67. The first-order valence-corrected chi connectivity index (χ1v) is 11.9. The van der Waals surface area contributed by atoms with Crippen LogP contribution >= 0.6 is 0 Å². The van der Waals surface area contributed by atoms with E-state index in [-0.39, 0.29) is 11.6 Å².